The van der Waals surface area contributed by atoms with Gasteiger partial charge in [0.05, 0.1) is 5.57 Å². The number of carbonyl (C=O) groups excluding carboxylic acids is 1. The average molecular weight is 361 g/mol. The Kier molecular flexibility index (Phi) is 5.90. The molecule has 140 valence electrons. The Hall–Kier alpha value is -2.68. The van der Waals surface area contributed by atoms with E-state index in [0.717, 1.165) is 17.7 Å². The zero-order chi connectivity index (χ0) is 19.3. The van der Waals surface area contributed by atoms with E-state index in [-0.39, 0.29) is 17.0 Å². The molecule has 0 aliphatic heterocycles. The van der Waals surface area contributed by atoms with Crippen LogP contribution in [-0.2, 0) is 17.6 Å². The molecule has 0 heterocycles. The molecule has 1 aliphatic rings. The lowest BCUT2D eigenvalue weighted by atomic mass is 9.73. The molecule has 2 aromatic rings. The zero-order valence-electron chi connectivity index (χ0n) is 16.1. The summed E-state index contributed by atoms with van der Waals surface area (Å²) >= 11 is 0. The van der Waals surface area contributed by atoms with Gasteiger partial charge in [-0.05, 0) is 29.4 Å². The molecule has 1 N–H and O–H groups in total. The van der Waals surface area contributed by atoms with E-state index in [1.165, 1.54) is 5.56 Å². The van der Waals surface area contributed by atoms with Crippen molar-refractivity contribution in [1.29, 1.82) is 0 Å². The van der Waals surface area contributed by atoms with Crippen LogP contribution in [0.3, 0.4) is 0 Å². The van der Waals surface area contributed by atoms with Gasteiger partial charge in [0.15, 0.2) is 5.78 Å². The number of hydrogen-bond acceptors (Lipinski definition) is 3. The number of aliphatic hydroxyl groups excluding tert-OH is 1. The van der Waals surface area contributed by atoms with Crippen LogP contribution in [0.15, 0.2) is 77.0 Å². The maximum absolute atomic E-state index is 12.8. The SMILES string of the molecule is CC1(C)CC(=O)/C(=C(\O)Cc2ccccc2)C(=NCCc2ccccc2)C1. The molecule has 0 aromatic heterocycles. The van der Waals surface area contributed by atoms with E-state index in [0.29, 0.717) is 31.4 Å². The molecule has 0 radical (unpaired) electrons. The Morgan fingerprint density at radius 1 is 0.963 bits per heavy atom. The molecular formula is C24H27NO2. The van der Waals surface area contributed by atoms with Crippen LogP contribution in [0.4, 0.5) is 0 Å². The molecule has 0 amide bonds. The van der Waals surface area contributed by atoms with Crippen molar-refractivity contribution in [3.8, 4) is 0 Å². The predicted octanol–water partition coefficient (Wildman–Crippen LogP) is 5.11. The maximum Gasteiger partial charge on any atom is 0.168 e. The predicted molar refractivity (Wildman–Crippen MR) is 110 cm³/mol. The molecule has 3 rings (SSSR count). The van der Waals surface area contributed by atoms with Gasteiger partial charge >= 0.3 is 0 Å². The molecule has 0 saturated heterocycles. The molecule has 0 spiro atoms. The number of rotatable bonds is 5. The summed E-state index contributed by atoms with van der Waals surface area (Å²) in [5, 5.41) is 10.7. The smallest absolute Gasteiger partial charge is 0.168 e. The first-order valence-corrected chi connectivity index (χ1v) is 9.51. The highest BCUT2D eigenvalue weighted by Crippen LogP contribution is 2.35. The van der Waals surface area contributed by atoms with Crippen LogP contribution >= 0.6 is 0 Å². The van der Waals surface area contributed by atoms with Gasteiger partial charge in [-0.1, -0.05) is 74.5 Å². The normalized spacial score (nSPS) is 19.9. The van der Waals surface area contributed by atoms with Crippen LogP contribution in [0.2, 0.25) is 0 Å². The minimum absolute atomic E-state index is 0.00172. The molecular weight excluding hydrogens is 334 g/mol. The highest BCUT2D eigenvalue weighted by Gasteiger charge is 2.36. The number of benzene rings is 2. The Balaban J connectivity index is 1.84. The van der Waals surface area contributed by atoms with Crippen molar-refractivity contribution in [1.82, 2.24) is 0 Å². The van der Waals surface area contributed by atoms with Gasteiger partial charge in [-0.3, -0.25) is 9.79 Å². The summed E-state index contributed by atoms with van der Waals surface area (Å²) < 4.78 is 0. The van der Waals surface area contributed by atoms with Crippen molar-refractivity contribution in [2.75, 3.05) is 6.54 Å². The van der Waals surface area contributed by atoms with Crippen molar-refractivity contribution < 1.29 is 9.90 Å². The molecule has 1 aliphatic carbocycles. The van der Waals surface area contributed by atoms with Crippen LogP contribution in [0.1, 0.15) is 37.8 Å². The summed E-state index contributed by atoms with van der Waals surface area (Å²) in [6.45, 7) is 4.79. The van der Waals surface area contributed by atoms with Gasteiger partial charge in [0.25, 0.3) is 0 Å². The largest absolute Gasteiger partial charge is 0.511 e. The maximum atomic E-state index is 12.8. The lowest BCUT2D eigenvalue weighted by molar-refractivity contribution is -0.117. The van der Waals surface area contributed by atoms with Crippen LogP contribution in [0.5, 0.6) is 0 Å². The number of carbonyl (C=O) groups is 1. The molecule has 0 bridgehead atoms. The fourth-order valence-corrected chi connectivity index (χ4v) is 3.59. The van der Waals surface area contributed by atoms with E-state index in [1.54, 1.807) is 0 Å². The number of Topliss-reactive ketones (excluding diaryl/α,β-unsaturated/α-hetero) is 1. The first-order chi connectivity index (χ1) is 12.9. The van der Waals surface area contributed by atoms with Crippen molar-refractivity contribution in [2.24, 2.45) is 10.4 Å². The second-order valence-electron chi connectivity index (χ2n) is 7.99. The van der Waals surface area contributed by atoms with Crippen LogP contribution in [0.25, 0.3) is 0 Å². The fourth-order valence-electron chi connectivity index (χ4n) is 3.59. The molecule has 2 aromatic carbocycles. The van der Waals surface area contributed by atoms with Crippen LogP contribution in [0, 0.1) is 5.41 Å². The third-order valence-electron chi connectivity index (χ3n) is 4.90. The highest BCUT2D eigenvalue weighted by molar-refractivity contribution is 6.24. The summed E-state index contributed by atoms with van der Waals surface area (Å²) in [4.78, 5) is 17.5. The summed E-state index contributed by atoms with van der Waals surface area (Å²) in [5.74, 6) is 0.137. The fraction of sp³-hybridized carbons (Fsp3) is 0.333. The van der Waals surface area contributed by atoms with Gasteiger partial charge in [0.1, 0.15) is 5.76 Å². The molecule has 0 atom stereocenters. The summed E-state index contributed by atoms with van der Waals surface area (Å²) in [7, 11) is 0. The lowest BCUT2D eigenvalue weighted by Gasteiger charge is -2.31. The Morgan fingerprint density at radius 2 is 1.56 bits per heavy atom. The lowest BCUT2D eigenvalue weighted by Crippen LogP contribution is -2.33. The van der Waals surface area contributed by atoms with E-state index < -0.39 is 0 Å². The van der Waals surface area contributed by atoms with E-state index in [2.05, 4.69) is 26.0 Å². The van der Waals surface area contributed by atoms with Gasteiger partial charge in [0, 0.05) is 25.1 Å². The van der Waals surface area contributed by atoms with Crippen LogP contribution in [-0.4, -0.2) is 23.1 Å². The molecule has 1 fully saturated rings. The molecule has 3 heteroatoms. The summed E-state index contributed by atoms with van der Waals surface area (Å²) in [5.41, 5.74) is 3.28. The summed E-state index contributed by atoms with van der Waals surface area (Å²) in [6.07, 6.45) is 2.34. The number of aliphatic hydroxyl groups is 1. The van der Waals surface area contributed by atoms with Crippen LogP contribution < -0.4 is 0 Å². The molecule has 3 nitrogen and oxygen atoms in total. The monoisotopic (exact) mass is 361 g/mol. The van der Waals surface area contributed by atoms with Crippen molar-refractivity contribution in [2.45, 2.75) is 39.5 Å². The zero-order valence-corrected chi connectivity index (χ0v) is 16.1. The molecule has 1 saturated carbocycles. The molecule has 0 unspecified atom stereocenters. The highest BCUT2D eigenvalue weighted by atomic mass is 16.3. The number of ketones is 1. The standard InChI is InChI=1S/C24H27NO2/c1-24(2)16-20(25-14-13-18-9-5-3-6-10-18)23(22(27)17-24)21(26)15-19-11-7-4-8-12-19/h3-12,26H,13-17H2,1-2H3/b23-21-,25-20?. The second kappa shape index (κ2) is 8.34. The minimum Gasteiger partial charge on any atom is -0.511 e. The quantitative estimate of drug-likeness (QED) is 0.594. The minimum atomic E-state index is -0.126. The van der Waals surface area contributed by atoms with E-state index in [4.69, 9.17) is 4.99 Å². The number of nitrogens with zero attached hydrogens (tertiary/aromatic N) is 1. The number of aliphatic imine (C=N–C) groups is 1. The summed E-state index contributed by atoms with van der Waals surface area (Å²) in [6, 6.07) is 19.9. The molecule has 27 heavy (non-hydrogen) atoms. The average Bonchev–Trinajstić information content (AvgIpc) is 2.62. The van der Waals surface area contributed by atoms with E-state index in [1.807, 2.05) is 48.5 Å². The number of hydrogen-bond donors (Lipinski definition) is 1. The van der Waals surface area contributed by atoms with Gasteiger partial charge in [-0.2, -0.15) is 0 Å². The Labute approximate surface area is 161 Å². The van der Waals surface area contributed by atoms with Gasteiger partial charge in [-0.15, -0.1) is 0 Å². The Bertz CT molecular complexity index is 848. The first-order valence-electron chi connectivity index (χ1n) is 9.51. The van der Waals surface area contributed by atoms with Crippen molar-refractivity contribution >= 4 is 11.5 Å². The van der Waals surface area contributed by atoms with Crippen molar-refractivity contribution in [3.63, 3.8) is 0 Å². The number of allylic oxidation sites excluding steroid dienone is 2. The first kappa shape index (κ1) is 19.1. The second-order valence-corrected chi connectivity index (χ2v) is 7.99. The third kappa shape index (κ3) is 5.16. The third-order valence-corrected chi connectivity index (χ3v) is 4.90. The Morgan fingerprint density at radius 3 is 2.19 bits per heavy atom. The van der Waals surface area contributed by atoms with E-state index >= 15 is 0 Å². The van der Waals surface area contributed by atoms with Crippen molar-refractivity contribution in [3.05, 3.63) is 83.1 Å². The van der Waals surface area contributed by atoms with Gasteiger partial charge in [-0.25, -0.2) is 0 Å². The van der Waals surface area contributed by atoms with Gasteiger partial charge in [0.2, 0.25) is 0 Å². The van der Waals surface area contributed by atoms with Gasteiger partial charge < -0.3 is 5.11 Å². The topological polar surface area (TPSA) is 49.7 Å². The van der Waals surface area contributed by atoms with E-state index in [9.17, 15) is 9.90 Å².